The molecule has 3 heterocycles. The van der Waals surface area contributed by atoms with Gasteiger partial charge in [-0.3, -0.25) is 9.69 Å². The predicted molar refractivity (Wildman–Crippen MR) is 113 cm³/mol. The molecule has 2 fully saturated rings. The lowest BCUT2D eigenvalue weighted by atomic mass is 9.96. The van der Waals surface area contributed by atoms with E-state index < -0.39 is 5.97 Å². The molecule has 7 heteroatoms. The molecular formula is C24H26N2O5. The normalized spacial score (nSPS) is 24.1. The van der Waals surface area contributed by atoms with Gasteiger partial charge in [-0.1, -0.05) is 6.07 Å². The Bertz CT molecular complexity index is 976. The van der Waals surface area contributed by atoms with Gasteiger partial charge in [-0.15, -0.1) is 0 Å². The molecule has 0 spiro atoms. The summed E-state index contributed by atoms with van der Waals surface area (Å²) in [7, 11) is 1.34. The van der Waals surface area contributed by atoms with Gasteiger partial charge in [-0.25, -0.2) is 4.79 Å². The Kier molecular flexibility index (Phi) is 5.28. The van der Waals surface area contributed by atoms with Crippen LogP contribution in [0.25, 0.3) is 0 Å². The molecule has 162 valence electrons. The lowest BCUT2D eigenvalue weighted by Gasteiger charge is -2.39. The third-order valence-corrected chi connectivity index (χ3v) is 6.59. The average Bonchev–Trinajstić information content (AvgIpc) is 3.34. The molecule has 2 atom stereocenters. The zero-order chi connectivity index (χ0) is 21.4. The molecule has 0 radical (unpaired) electrons. The van der Waals surface area contributed by atoms with Gasteiger partial charge in [0.1, 0.15) is 0 Å². The molecule has 0 aromatic heterocycles. The van der Waals surface area contributed by atoms with Crippen LogP contribution in [0.4, 0.5) is 0 Å². The minimum atomic E-state index is -0.404. The first kappa shape index (κ1) is 19.9. The SMILES string of the molecule is COC(=O)c1ccc(C(=O)NC2CC3CCC(C2)N3Cc2ccc3c(c2)OCO3)cc1. The number of amides is 1. The topological polar surface area (TPSA) is 77.1 Å². The first-order chi connectivity index (χ1) is 15.1. The Labute approximate surface area is 181 Å². The van der Waals surface area contributed by atoms with Gasteiger partial charge < -0.3 is 19.5 Å². The van der Waals surface area contributed by atoms with Crippen LogP contribution in [-0.2, 0) is 11.3 Å². The molecule has 5 rings (SSSR count). The first-order valence-electron chi connectivity index (χ1n) is 10.7. The van der Waals surface area contributed by atoms with Gasteiger partial charge in [-0.2, -0.15) is 0 Å². The van der Waals surface area contributed by atoms with E-state index in [1.165, 1.54) is 12.7 Å². The molecule has 0 aliphatic carbocycles. The van der Waals surface area contributed by atoms with Gasteiger partial charge >= 0.3 is 5.97 Å². The van der Waals surface area contributed by atoms with Crippen molar-refractivity contribution >= 4 is 11.9 Å². The number of piperidine rings is 1. The number of nitrogens with one attached hydrogen (secondary N) is 1. The Morgan fingerprint density at radius 1 is 1.00 bits per heavy atom. The van der Waals surface area contributed by atoms with Crippen molar-refractivity contribution in [1.29, 1.82) is 0 Å². The second-order valence-electron chi connectivity index (χ2n) is 8.46. The fourth-order valence-corrected chi connectivity index (χ4v) is 5.04. The van der Waals surface area contributed by atoms with E-state index >= 15 is 0 Å². The van der Waals surface area contributed by atoms with Crippen molar-refractivity contribution in [2.45, 2.75) is 50.4 Å². The van der Waals surface area contributed by atoms with Gasteiger partial charge in [0.05, 0.1) is 12.7 Å². The maximum absolute atomic E-state index is 12.7. The van der Waals surface area contributed by atoms with E-state index in [2.05, 4.69) is 22.3 Å². The summed E-state index contributed by atoms with van der Waals surface area (Å²) in [5.41, 5.74) is 2.23. The first-order valence-corrected chi connectivity index (χ1v) is 10.7. The van der Waals surface area contributed by atoms with Gasteiger partial charge in [0.25, 0.3) is 5.91 Å². The van der Waals surface area contributed by atoms with Crippen molar-refractivity contribution in [2.75, 3.05) is 13.9 Å². The number of fused-ring (bicyclic) bond motifs is 3. The zero-order valence-electron chi connectivity index (χ0n) is 17.5. The maximum Gasteiger partial charge on any atom is 0.337 e. The number of hydrogen-bond acceptors (Lipinski definition) is 6. The van der Waals surface area contributed by atoms with Crippen LogP contribution in [0, 0.1) is 0 Å². The summed E-state index contributed by atoms with van der Waals surface area (Å²) >= 11 is 0. The number of rotatable bonds is 5. The van der Waals surface area contributed by atoms with Crippen molar-refractivity contribution in [1.82, 2.24) is 10.2 Å². The van der Waals surface area contributed by atoms with Crippen molar-refractivity contribution in [3.63, 3.8) is 0 Å². The fraction of sp³-hybridized carbons (Fsp3) is 0.417. The van der Waals surface area contributed by atoms with Gasteiger partial charge in [0, 0.05) is 30.2 Å². The number of hydrogen-bond donors (Lipinski definition) is 1. The molecule has 3 aliphatic heterocycles. The van der Waals surface area contributed by atoms with E-state index in [0.29, 0.717) is 30.0 Å². The Hall–Kier alpha value is -3.06. The number of carbonyl (C=O) groups is 2. The van der Waals surface area contributed by atoms with E-state index in [4.69, 9.17) is 14.2 Å². The van der Waals surface area contributed by atoms with E-state index in [9.17, 15) is 9.59 Å². The summed E-state index contributed by atoms with van der Waals surface area (Å²) in [5.74, 6) is 1.14. The van der Waals surface area contributed by atoms with E-state index in [0.717, 1.165) is 43.7 Å². The quantitative estimate of drug-likeness (QED) is 0.746. The number of nitrogens with zero attached hydrogens (tertiary/aromatic N) is 1. The van der Waals surface area contributed by atoms with Crippen molar-refractivity contribution in [3.05, 3.63) is 59.2 Å². The minimum absolute atomic E-state index is 0.0926. The zero-order valence-corrected chi connectivity index (χ0v) is 17.5. The predicted octanol–water partition coefficient (Wildman–Crippen LogP) is 3.13. The molecular weight excluding hydrogens is 396 g/mol. The van der Waals surface area contributed by atoms with Gasteiger partial charge in [0.2, 0.25) is 6.79 Å². The molecule has 1 amide bonds. The molecule has 2 aromatic rings. The molecule has 31 heavy (non-hydrogen) atoms. The third kappa shape index (κ3) is 3.97. The molecule has 2 saturated heterocycles. The van der Waals surface area contributed by atoms with Gasteiger partial charge in [0.15, 0.2) is 11.5 Å². The molecule has 2 aromatic carbocycles. The van der Waals surface area contributed by atoms with Crippen LogP contribution in [0.1, 0.15) is 52.0 Å². The monoisotopic (exact) mass is 422 g/mol. The Balaban J connectivity index is 1.20. The van der Waals surface area contributed by atoms with Crippen molar-refractivity contribution in [2.24, 2.45) is 0 Å². The molecule has 1 N–H and O–H groups in total. The summed E-state index contributed by atoms with van der Waals surface area (Å²) in [6.45, 7) is 1.18. The van der Waals surface area contributed by atoms with Crippen LogP contribution in [-0.4, -0.2) is 48.8 Å². The molecule has 2 unspecified atom stereocenters. The molecule has 7 nitrogen and oxygen atoms in total. The lowest BCUT2D eigenvalue weighted by Crippen LogP contribution is -2.49. The van der Waals surface area contributed by atoms with E-state index in [1.54, 1.807) is 24.3 Å². The molecule has 2 bridgehead atoms. The second-order valence-corrected chi connectivity index (χ2v) is 8.46. The summed E-state index contributed by atoms with van der Waals surface area (Å²) < 4.78 is 15.6. The fourth-order valence-electron chi connectivity index (χ4n) is 5.04. The summed E-state index contributed by atoms with van der Waals surface area (Å²) in [6, 6.07) is 13.9. The minimum Gasteiger partial charge on any atom is -0.465 e. The maximum atomic E-state index is 12.7. The number of methoxy groups -OCH3 is 1. The summed E-state index contributed by atoms with van der Waals surface area (Å²) in [5, 5.41) is 3.20. The number of ether oxygens (including phenoxy) is 3. The van der Waals surface area contributed by atoms with Crippen LogP contribution < -0.4 is 14.8 Å². The van der Waals surface area contributed by atoms with Crippen molar-refractivity contribution in [3.8, 4) is 11.5 Å². The van der Waals surface area contributed by atoms with Crippen LogP contribution in [0.5, 0.6) is 11.5 Å². The number of esters is 1. The average molecular weight is 422 g/mol. The van der Waals surface area contributed by atoms with E-state index in [-0.39, 0.29) is 11.9 Å². The van der Waals surface area contributed by atoms with Gasteiger partial charge in [-0.05, 0) is 67.6 Å². The lowest BCUT2D eigenvalue weighted by molar-refractivity contribution is 0.0600. The highest BCUT2D eigenvalue weighted by Crippen LogP contribution is 2.38. The Morgan fingerprint density at radius 3 is 2.39 bits per heavy atom. The molecule has 0 saturated carbocycles. The standard InChI is InChI=1S/C24H26N2O5/c1-29-24(28)17-5-3-16(4-6-17)23(27)25-18-11-19-7-8-20(12-18)26(19)13-15-2-9-21-22(10-15)31-14-30-21/h2-6,9-10,18-20H,7-8,11-14H2,1H3,(H,25,27). The Morgan fingerprint density at radius 2 is 1.68 bits per heavy atom. The highest BCUT2D eigenvalue weighted by Gasteiger charge is 2.41. The highest BCUT2D eigenvalue weighted by atomic mass is 16.7. The summed E-state index contributed by atoms with van der Waals surface area (Å²) in [6.07, 6.45) is 4.23. The smallest absolute Gasteiger partial charge is 0.337 e. The number of carbonyl (C=O) groups excluding carboxylic acids is 2. The second kappa shape index (κ2) is 8.23. The third-order valence-electron chi connectivity index (χ3n) is 6.59. The van der Waals surface area contributed by atoms with Crippen LogP contribution in [0.2, 0.25) is 0 Å². The summed E-state index contributed by atoms with van der Waals surface area (Å²) in [4.78, 5) is 26.9. The largest absolute Gasteiger partial charge is 0.465 e. The van der Waals surface area contributed by atoms with Crippen LogP contribution >= 0.6 is 0 Å². The highest BCUT2D eigenvalue weighted by molar-refractivity contribution is 5.96. The molecule has 3 aliphatic rings. The van der Waals surface area contributed by atoms with Crippen molar-refractivity contribution < 1.29 is 23.8 Å². The van der Waals surface area contributed by atoms with Crippen LogP contribution in [0.3, 0.4) is 0 Å². The van der Waals surface area contributed by atoms with Crippen LogP contribution in [0.15, 0.2) is 42.5 Å². The van der Waals surface area contributed by atoms with E-state index in [1.807, 2.05) is 6.07 Å². The number of benzene rings is 2.